The minimum atomic E-state index is -0.191. The summed E-state index contributed by atoms with van der Waals surface area (Å²) in [6.07, 6.45) is 8.30. The molecule has 0 aliphatic heterocycles. The number of carbonyl (C=O) groups excluding carboxylic acids is 2. The average molecular weight is 362 g/mol. The van der Waals surface area contributed by atoms with E-state index in [0.29, 0.717) is 32.4 Å². The van der Waals surface area contributed by atoms with Crippen LogP contribution in [0, 0.1) is 0 Å². The number of nitrogens with one attached hydrogen (secondary N) is 1. The summed E-state index contributed by atoms with van der Waals surface area (Å²) in [4.78, 5) is 23.5. The topological polar surface area (TPSA) is 55.4 Å². The molecule has 0 spiro atoms. The van der Waals surface area contributed by atoms with Crippen LogP contribution in [0.2, 0.25) is 0 Å². The van der Waals surface area contributed by atoms with E-state index in [1.165, 1.54) is 31.2 Å². The first-order valence-electron chi connectivity index (χ1n) is 10.1. The first kappa shape index (κ1) is 22.2. The zero-order chi connectivity index (χ0) is 19.0. The van der Waals surface area contributed by atoms with Crippen LogP contribution in [0.3, 0.4) is 0 Å². The van der Waals surface area contributed by atoms with Gasteiger partial charge in [-0.2, -0.15) is 0 Å². The molecule has 1 aromatic rings. The molecule has 0 radical (unpaired) electrons. The fourth-order valence-electron chi connectivity index (χ4n) is 2.79. The van der Waals surface area contributed by atoms with Gasteiger partial charge in [0.25, 0.3) is 0 Å². The summed E-state index contributed by atoms with van der Waals surface area (Å²) in [5, 5.41) is 2.94. The fourth-order valence-corrected chi connectivity index (χ4v) is 2.79. The maximum atomic E-state index is 11.9. The molecule has 26 heavy (non-hydrogen) atoms. The van der Waals surface area contributed by atoms with Gasteiger partial charge < -0.3 is 10.1 Å². The summed E-state index contributed by atoms with van der Waals surface area (Å²) in [6.45, 7) is 5.41. The number of hydrogen-bond donors (Lipinski definition) is 1. The Morgan fingerprint density at radius 3 is 2.38 bits per heavy atom. The largest absolute Gasteiger partial charge is 0.466 e. The lowest BCUT2D eigenvalue weighted by atomic mass is 10.0. The van der Waals surface area contributed by atoms with Gasteiger partial charge in [0.05, 0.1) is 6.61 Å². The van der Waals surface area contributed by atoms with Crippen LogP contribution in [0.5, 0.6) is 0 Å². The SMILES string of the molecule is CCCCCCCCOC(=O)CCCC(=O)NCC(C)c1ccccc1. The molecule has 0 aliphatic rings. The normalized spacial score (nSPS) is 11.8. The van der Waals surface area contributed by atoms with Crippen molar-refractivity contribution in [3.63, 3.8) is 0 Å². The van der Waals surface area contributed by atoms with Crippen LogP contribution in [-0.4, -0.2) is 25.0 Å². The van der Waals surface area contributed by atoms with Gasteiger partial charge >= 0.3 is 5.97 Å². The van der Waals surface area contributed by atoms with Crippen molar-refractivity contribution in [3.05, 3.63) is 35.9 Å². The monoisotopic (exact) mass is 361 g/mol. The van der Waals surface area contributed by atoms with Crippen molar-refractivity contribution >= 4 is 11.9 Å². The smallest absolute Gasteiger partial charge is 0.305 e. The molecule has 0 fully saturated rings. The molecular weight excluding hydrogens is 326 g/mol. The fraction of sp³-hybridized carbons (Fsp3) is 0.636. The third kappa shape index (κ3) is 10.9. The average Bonchev–Trinajstić information content (AvgIpc) is 2.66. The van der Waals surface area contributed by atoms with Gasteiger partial charge in [0.2, 0.25) is 5.91 Å². The highest BCUT2D eigenvalue weighted by Crippen LogP contribution is 2.13. The number of hydrogen-bond acceptors (Lipinski definition) is 3. The second-order valence-corrected chi connectivity index (χ2v) is 6.96. The van der Waals surface area contributed by atoms with E-state index in [-0.39, 0.29) is 17.8 Å². The number of benzene rings is 1. The molecule has 0 aromatic heterocycles. The predicted octanol–water partition coefficient (Wildman–Crippen LogP) is 4.98. The number of esters is 1. The maximum absolute atomic E-state index is 11.9. The van der Waals surface area contributed by atoms with Gasteiger partial charge in [-0.1, -0.05) is 76.3 Å². The van der Waals surface area contributed by atoms with Crippen molar-refractivity contribution < 1.29 is 14.3 Å². The van der Waals surface area contributed by atoms with Gasteiger partial charge in [0.15, 0.2) is 0 Å². The standard InChI is InChI=1S/C22H35NO3/c1-3-4-5-6-7-11-17-26-22(25)16-12-15-21(24)23-18-19(2)20-13-9-8-10-14-20/h8-10,13-14,19H,3-7,11-12,15-18H2,1-2H3,(H,23,24). The van der Waals surface area contributed by atoms with Gasteiger partial charge in [0.1, 0.15) is 0 Å². The molecule has 1 rings (SSSR count). The first-order valence-corrected chi connectivity index (χ1v) is 10.1. The second-order valence-electron chi connectivity index (χ2n) is 6.96. The molecule has 1 unspecified atom stereocenters. The van der Waals surface area contributed by atoms with E-state index in [2.05, 4.69) is 31.3 Å². The van der Waals surface area contributed by atoms with Crippen LogP contribution in [-0.2, 0) is 14.3 Å². The minimum Gasteiger partial charge on any atom is -0.466 e. The molecule has 1 amide bonds. The Hall–Kier alpha value is -1.84. The number of carbonyl (C=O) groups is 2. The summed E-state index contributed by atoms with van der Waals surface area (Å²) in [5.41, 5.74) is 1.21. The lowest BCUT2D eigenvalue weighted by Crippen LogP contribution is -2.27. The van der Waals surface area contributed by atoms with Crippen molar-refractivity contribution in [1.82, 2.24) is 5.32 Å². The Morgan fingerprint density at radius 1 is 0.962 bits per heavy atom. The highest BCUT2D eigenvalue weighted by Gasteiger charge is 2.09. The molecule has 0 heterocycles. The molecule has 0 bridgehead atoms. The van der Waals surface area contributed by atoms with Gasteiger partial charge in [-0.05, 0) is 24.3 Å². The van der Waals surface area contributed by atoms with E-state index in [9.17, 15) is 9.59 Å². The number of unbranched alkanes of at least 4 members (excludes halogenated alkanes) is 5. The third-order valence-corrected chi connectivity index (χ3v) is 4.52. The summed E-state index contributed by atoms with van der Waals surface area (Å²) in [5.74, 6) is 0.0861. The molecule has 0 saturated heterocycles. The molecular formula is C22H35NO3. The van der Waals surface area contributed by atoms with Crippen LogP contribution in [0.25, 0.3) is 0 Å². The Bertz CT molecular complexity index is 501. The lowest BCUT2D eigenvalue weighted by Gasteiger charge is -2.13. The van der Waals surface area contributed by atoms with E-state index in [1.54, 1.807) is 0 Å². The lowest BCUT2D eigenvalue weighted by molar-refractivity contribution is -0.143. The third-order valence-electron chi connectivity index (χ3n) is 4.52. The van der Waals surface area contributed by atoms with Crippen molar-refractivity contribution in [2.45, 2.75) is 77.6 Å². The number of rotatable bonds is 14. The van der Waals surface area contributed by atoms with E-state index >= 15 is 0 Å². The summed E-state index contributed by atoms with van der Waals surface area (Å²) in [7, 11) is 0. The van der Waals surface area contributed by atoms with Gasteiger partial charge in [-0.15, -0.1) is 0 Å². The van der Waals surface area contributed by atoms with Crippen LogP contribution in [0.15, 0.2) is 30.3 Å². The van der Waals surface area contributed by atoms with Crippen LogP contribution < -0.4 is 5.32 Å². The minimum absolute atomic E-state index is 0.00324. The van der Waals surface area contributed by atoms with Crippen LogP contribution in [0.4, 0.5) is 0 Å². The Kier molecular flexibility index (Phi) is 12.2. The van der Waals surface area contributed by atoms with E-state index < -0.39 is 0 Å². The summed E-state index contributed by atoms with van der Waals surface area (Å²) in [6, 6.07) is 10.1. The van der Waals surface area contributed by atoms with Crippen LogP contribution >= 0.6 is 0 Å². The zero-order valence-electron chi connectivity index (χ0n) is 16.5. The Balaban J connectivity index is 2.00. The number of amides is 1. The van der Waals surface area contributed by atoms with Crippen molar-refractivity contribution in [2.75, 3.05) is 13.2 Å². The van der Waals surface area contributed by atoms with Crippen molar-refractivity contribution in [3.8, 4) is 0 Å². The molecule has 1 N–H and O–H groups in total. The molecule has 1 atom stereocenters. The highest BCUT2D eigenvalue weighted by atomic mass is 16.5. The van der Waals surface area contributed by atoms with Gasteiger partial charge in [0, 0.05) is 19.4 Å². The second kappa shape index (κ2) is 14.3. The zero-order valence-corrected chi connectivity index (χ0v) is 16.5. The molecule has 146 valence electrons. The van der Waals surface area contributed by atoms with Crippen molar-refractivity contribution in [2.24, 2.45) is 0 Å². The van der Waals surface area contributed by atoms with Gasteiger partial charge in [-0.25, -0.2) is 0 Å². The first-order chi connectivity index (χ1) is 12.6. The van der Waals surface area contributed by atoms with E-state index in [0.717, 1.165) is 12.8 Å². The Morgan fingerprint density at radius 2 is 1.65 bits per heavy atom. The number of ether oxygens (including phenoxy) is 1. The molecule has 1 aromatic carbocycles. The van der Waals surface area contributed by atoms with Gasteiger partial charge in [-0.3, -0.25) is 9.59 Å². The summed E-state index contributed by atoms with van der Waals surface area (Å²) >= 11 is 0. The molecule has 4 heteroatoms. The highest BCUT2D eigenvalue weighted by molar-refractivity contribution is 5.77. The Labute approximate surface area is 158 Å². The molecule has 4 nitrogen and oxygen atoms in total. The summed E-state index contributed by atoms with van der Waals surface area (Å²) < 4.78 is 5.22. The van der Waals surface area contributed by atoms with E-state index in [1.807, 2.05) is 18.2 Å². The quantitative estimate of drug-likeness (QED) is 0.375. The molecule has 0 aliphatic carbocycles. The van der Waals surface area contributed by atoms with Crippen molar-refractivity contribution in [1.29, 1.82) is 0 Å². The predicted molar refractivity (Wildman–Crippen MR) is 106 cm³/mol. The molecule has 0 saturated carbocycles. The maximum Gasteiger partial charge on any atom is 0.305 e. The van der Waals surface area contributed by atoms with Crippen LogP contribution in [0.1, 0.15) is 83.1 Å². The van der Waals surface area contributed by atoms with E-state index in [4.69, 9.17) is 4.74 Å².